The van der Waals surface area contributed by atoms with Gasteiger partial charge < -0.3 is 14.4 Å². The summed E-state index contributed by atoms with van der Waals surface area (Å²) in [7, 11) is 3.43. The van der Waals surface area contributed by atoms with E-state index in [1.54, 1.807) is 6.07 Å². The van der Waals surface area contributed by atoms with Crippen LogP contribution in [0.4, 0.5) is 4.39 Å². The lowest BCUT2D eigenvalue weighted by Gasteiger charge is -2.02. The van der Waals surface area contributed by atoms with Gasteiger partial charge in [0.15, 0.2) is 0 Å². The molecular formula is C14H13FN2O2S. The molecule has 0 amide bonds. The Balaban J connectivity index is 2.35. The molecule has 0 saturated carbocycles. The Morgan fingerprint density at radius 2 is 2.25 bits per heavy atom. The number of ether oxygens (including phenoxy) is 1. The molecule has 6 heteroatoms. The molecule has 4 nitrogen and oxygen atoms in total. The maximum absolute atomic E-state index is 13.5. The van der Waals surface area contributed by atoms with Crippen LogP contribution in [-0.2, 0) is 13.7 Å². The van der Waals surface area contributed by atoms with E-state index in [1.165, 1.54) is 30.8 Å². The molecule has 0 aliphatic rings. The van der Waals surface area contributed by atoms with Gasteiger partial charge in [-0.3, -0.25) is 0 Å². The Morgan fingerprint density at radius 1 is 1.45 bits per heavy atom. The minimum absolute atomic E-state index is 0.123. The largest absolute Gasteiger partial charge is 0.480 e. The second-order valence-electron chi connectivity index (χ2n) is 4.46. The molecule has 0 aliphatic heterocycles. The second-order valence-corrected chi connectivity index (χ2v) is 5.32. The summed E-state index contributed by atoms with van der Waals surface area (Å²) < 4.78 is 24.9. The zero-order valence-electron chi connectivity index (χ0n) is 11.1. The van der Waals surface area contributed by atoms with Crippen LogP contribution in [-0.4, -0.2) is 21.2 Å². The van der Waals surface area contributed by atoms with Crippen molar-refractivity contribution in [2.75, 3.05) is 7.11 Å². The van der Waals surface area contributed by atoms with Gasteiger partial charge in [-0.1, -0.05) is 0 Å². The van der Waals surface area contributed by atoms with Gasteiger partial charge in [0, 0.05) is 29.7 Å². The fourth-order valence-corrected chi connectivity index (χ4v) is 3.09. The van der Waals surface area contributed by atoms with Gasteiger partial charge in [-0.05, 0) is 29.7 Å². The first-order valence-corrected chi connectivity index (χ1v) is 6.81. The van der Waals surface area contributed by atoms with E-state index in [0.717, 1.165) is 22.0 Å². The standard InChI is InChI=1S/C14H13FN2O2S/c1-17-6-10(9-5-8(15)3-4-11(9)17)13-12(7-18)20-16-14(13)19-2/h3-6,18H,7H2,1-2H3. The lowest BCUT2D eigenvalue weighted by molar-refractivity contribution is 0.285. The zero-order chi connectivity index (χ0) is 14.3. The second kappa shape index (κ2) is 4.88. The molecule has 2 heterocycles. The number of rotatable bonds is 3. The number of hydrogen-bond acceptors (Lipinski definition) is 4. The Morgan fingerprint density at radius 3 is 2.95 bits per heavy atom. The van der Waals surface area contributed by atoms with Crippen LogP contribution in [0.2, 0.25) is 0 Å². The van der Waals surface area contributed by atoms with Crippen LogP contribution in [0.5, 0.6) is 5.88 Å². The van der Waals surface area contributed by atoms with Gasteiger partial charge in [-0.25, -0.2) is 4.39 Å². The molecule has 0 radical (unpaired) electrons. The summed E-state index contributed by atoms with van der Waals surface area (Å²) in [5.41, 5.74) is 2.46. The van der Waals surface area contributed by atoms with E-state index >= 15 is 0 Å². The quantitative estimate of drug-likeness (QED) is 0.807. The smallest absolute Gasteiger partial charge is 0.233 e. The van der Waals surface area contributed by atoms with Crippen molar-refractivity contribution in [3.8, 4) is 17.0 Å². The van der Waals surface area contributed by atoms with Crippen molar-refractivity contribution in [1.29, 1.82) is 0 Å². The van der Waals surface area contributed by atoms with Crippen LogP contribution in [0.1, 0.15) is 4.88 Å². The summed E-state index contributed by atoms with van der Waals surface area (Å²) in [5.74, 6) is 0.161. The number of aryl methyl sites for hydroxylation is 1. The van der Waals surface area contributed by atoms with Crippen molar-refractivity contribution in [3.05, 3.63) is 35.1 Å². The molecule has 0 atom stereocenters. The van der Waals surface area contributed by atoms with Gasteiger partial charge in [0.05, 0.1) is 24.2 Å². The Labute approximate surface area is 119 Å². The van der Waals surface area contributed by atoms with Crippen molar-refractivity contribution in [3.63, 3.8) is 0 Å². The first kappa shape index (κ1) is 13.1. The highest BCUT2D eigenvalue weighted by Crippen LogP contribution is 2.40. The Hall–Kier alpha value is -1.92. The van der Waals surface area contributed by atoms with Gasteiger partial charge in [-0.2, -0.15) is 4.37 Å². The average Bonchev–Trinajstić information content (AvgIpc) is 2.99. The van der Waals surface area contributed by atoms with E-state index in [-0.39, 0.29) is 12.4 Å². The molecule has 2 aromatic heterocycles. The van der Waals surface area contributed by atoms with Gasteiger partial charge in [0.1, 0.15) is 5.82 Å². The number of halogens is 1. The highest BCUT2D eigenvalue weighted by molar-refractivity contribution is 7.06. The number of aliphatic hydroxyl groups excluding tert-OH is 1. The lowest BCUT2D eigenvalue weighted by Crippen LogP contribution is -1.88. The summed E-state index contributed by atoms with van der Waals surface area (Å²) >= 11 is 1.19. The van der Waals surface area contributed by atoms with E-state index in [0.29, 0.717) is 10.8 Å². The van der Waals surface area contributed by atoms with Crippen LogP contribution in [0.15, 0.2) is 24.4 Å². The number of aromatic nitrogens is 2. The third-order valence-electron chi connectivity index (χ3n) is 3.29. The van der Waals surface area contributed by atoms with Gasteiger partial charge in [0.2, 0.25) is 5.88 Å². The predicted molar refractivity (Wildman–Crippen MR) is 76.5 cm³/mol. The van der Waals surface area contributed by atoms with E-state index in [2.05, 4.69) is 4.37 Å². The summed E-state index contributed by atoms with van der Waals surface area (Å²) in [5, 5.41) is 10.2. The molecular weight excluding hydrogens is 279 g/mol. The van der Waals surface area contributed by atoms with Gasteiger partial charge in [-0.15, -0.1) is 0 Å². The van der Waals surface area contributed by atoms with Crippen molar-refractivity contribution in [2.45, 2.75) is 6.61 Å². The zero-order valence-corrected chi connectivity index (χ0v) is 11.9. The van der Waals surface area contributed by atoms with Crippen LogP contribution in [0.3, 0.4) is 0 Å². The van der Waals surface area contributed by atoms with Crippen molar-refractivity contribution in [2.24, 2.45) is 7.05 Å². The maximum atomic E-state index is 13.5. The minimum atomic E-state index is -0.294. The molecule has 0 saturated heterocycles. The van der Waals surface area contributed by atoms with Crippen molar-refractivity contribution in [1.82, 2.24) is 8.94 Å². The SMILES string of the molecule is COc1nsc(CO)c1-c1cn(C)c2ccc(F)cc12. The van der Waals surface area contributed by atoms with E-state index in [9.17, 15) is 9.50 Å². The van der Waals surface area contributed by atoms with Crippen LogP contribution < -0.4 is 4.74 Å². The molecule has 20 heavy (non-hydrogen) atoms. The first-order valence-electron chi connectivity index (χ1n) is 6.04. The maximum Gasteiger partial charge on any atom is 0.233 e. The number of methoxy groups -OCH3 is 1. The lowest BCUT2D eigenvalue weighted by atomic mass is 10.1. The summed E-state index contributed by atoms with van der Waals surface area (Å²) in [6.45, 7) is -0.123. The van der Waals surface area contributed by atoms with Crippen molar-refractivity contribution < 1.29 is 14.2 Å². The summed E-state index contributed by atoms with van der Waals surface area (Å²) in [6, 6.07) is 4.66. The predicted octanol–water partition coefficient (Wildman–Crippen LogP) is 2.94. The van der Waals surface area contributed by atoms with Crippen molar-refractivity contribution >= 4 is 22.4 Å². The molecule has 3 rings (SSSR count). The third-order valence-corrected chi connectivity index (χ3v) is 4.10. The fraction of sp³-hybridized carbons (Fsp3) is 0.214. The van der Waals surface area contributed by atoms with Crippen LogP contribution in [0, 0.1) is 5.82 Å². The first-order chi connectivity index (χ1) is 9.65. The van der Waals surface area contributed by atoms with Crippen LogP contribution >= 0.6 is 11.5 Å². The fourth-order valence-electron chi connectivity index (χ4n) is 2.38. The molecule has 0 aliphatic carbocycles. The third kappa shape index (κ3) is 1.88. The number of fused-ring (bicyclic) bond motifs is 1. The Bertz CT molecular complexity index is 757. The van der Waals surface area contributed by atoms with Crippen LogP contribution in [0.25, 0.3) is 22.0 Å². The molecule has 0 bridgehead atoms. The summed E-state index contributed by atoms with van der Waals surface area (Å²) in [6.07, 6.45) is 1.90. The number of nitrogens with zero attached hydrogens (tertiary/aromatic N) is 2. The van der Waals surface area contributed by atoms with E-state index in [4.69, 9.17) is 4.74 Å². The molecule has 0 spiro atoms. The highest BCUT2D eigenvalue weighted by atomic mass is 32.1. The minimum Gasteiger partial charge on any atom is -0.480 e. The van der Waals surface area contributed by atoms with E-state index in [1.807, 2.05) is 17.8 Å². The highest BCUT2D eigenvalue weighted by Gasteiger charge is 2.20. The average molecular weight is 292 g/mol. The molecule has 1 aromatic carbocycles. The van der Waals surface area contributed by atoms with E-state index < -0.39 is 0 Å². The Kier molecular flexibility index (Phi) is 3.19. The van der Waals surface area contributed by atoms with Gasteiger partial charge >= 0.3 is 0 Å². The number of hydrogen-bond donors (Lipinski definition) is 1. The molecule has 0 unspecified atom stereocenters. The molecule has 3 aromatic rings. The summed E-state index contributed by atoms with van der Waals surface area (Å²) in [4.78, 5) is 0.707. The normalized spacial score (nSPS) is 11.2. The molecule has 104 valence electrons. The number of benzene rings is 1. The number of aliphatic hydroxyl groups is 1. The molecule has 0 fully saturated rings. The topological polar surface area (TPSA) is 47.3 Å². The monoisotopic (exact) mass is 292 g/mol. The molecule has 1 N–H and O–H groups in total. The van der Waals surface area contributed by atoms with Gasteiger partial charge in [0.25, 0.3) is 0 Å².